The Morgan fingerprint density at radius 1 is 1.08 bits per heavy atom. The van der Waals surface area contributed by atoms with E-state index in [0.717, 1.165) is 68.4 Å². The van der Waals surface area contributed by atoms with Gasteiger partial charge in [0.05, 0.1) is 23.7 Å². The molecule has 198 valence electrons. The summed E-state index contributed by atoms with van der Waals surface area (Å²) in [5.41, 5.74) is 1.37. The van der Waals surface area contributed by atoms with E-state index in [4.69, 9.17) is 14.2 Å². The van der Waals surface area contributed by atoms with Crippen molar-refractivity contribution in [2.24, 2.45) is 0 Å². The molecule has 4 heterocycles. The monoisotopic (exact) mass is 508 g/mol. The maximum absolute atomic E-state index is 13.3. The molecule has 0 spiro atoms. The largest absolute Gasteiger partial charge is 0.486 e. The number of pyridine rings is 1. The maximum atomic E-state index is 13.3. The summed E-state index contributed by atoms with van der Waals surface area (Å²) in [6, 6.07) is 6.15. The number of benzene rings is 1. The second kappa shape index (κ2) is 10.8. The summed E-state index contributed by atoms with van der Waals surface area (Å²) in [6.45, 7) is 5.24. The Balaban J connectivity index is 1.35. The minimum absolute atomic E-state index is 0.000151. The zero-order chi connectivity index (χ0) is 25.2. The van der Waals surface area contributed by atoms with Crippen LogP contribution in [0.3, 0.4) is 0 Å². The zero-order valence-electron chi connectivity index (χ0n) is 21.5. The van der Waals surface area contributed by atoms with Gasteiger partial charge in [-0.1, -0.05) is 26.2 Å². The zero-order valence-corrected chi connectivity index (χ0v) is 21.5. The van der Waals surface area contributed by atoms with Gasteiger partial charge in [-0.2, -0.15) is 0 Å². The fourth-order valence-corrected chi connectivity index (χ4v) is 6.05. The molecular formula is C27H36N6O4. The van der Waals surface area contributed by atoms with Gasteiger partial charge in [-0.05, 0) is 54.7 Å². The first kappa shape index (κ1) is 24.4. The van der Waals surface area contributed by atoms with E-state index in [1.165, 1.54) is 12.8 Å². The molecule has 1 aliphatic carbocycles. The molecular weight excluding hydrogens is 472 g/mol. The van der Waals surface area contributed by atoms with Gasteiger partial charge in [-0.15, -0.1) is 5.10 Å². The van der Waals surface area contributed by atoms with Crippen molar-refractivity contribution < 1.29 is 14.2 Å². The van der Waals surface area contributed by atoms with E-state index >= 15 is 0 Å². The number of nitrogens with one attached hydrogen (secondary N) is 1. The van der Waals surface area contributed by atoms with Crippen LogP contribution in [0.15, 0.2) is 23.0 Å². The topological polar surface area (TPSA) is 107 Å². The van der Waals surface area contributed by atoms with Crippen LogP contribution >= 0.6 is 0 Å². The third-order valence-electron chi connectivity index (χ3n) is 7.91. The lowest BCUT2D eigenvalue weighted by atomic mass is 10.0. The first-order valence-corrected chi connectivity index (χ1v) is 13.8. The molecule has 2 fully saturated rings. The van der Waals surface area contributed by atoms with Gasteiger partial charge in [-0.3, -0.25) is 9.69 Å². The van der Waals surface area contributed by atoms with Gasteiger partial charge < -0.3 is 19.2 Å². The fourth-order valence-electron chi connectivity index (χ4n) is 6.05. The smallest absolute Gasteiger partial charge is 0.252 e. The Kier molecular flexibility index (Phi) is 7.10. The molecule has 37 heavy (non-hydrogen) atoms. The Hall–Kier alpha value is -2.98. The highest BCUT2D eigenvalue weighted by molar-refractivity contribution is 5.83. The molecule has 6 rings (SSSR count). The van der Waals surface area contributed by atoms with Gasteiger partial charge >= 0.3 is 0 Å². The second-order valence-corrected chi connectivity index (χ2v) is 10.5. The van der Waals surface area contributed by atoms with Gasteiger partial charge in [-0.25, -0.2) is 4.68 Å². The number of fused-ring (bicyclic) bond motifs is 2. The number of tetrazole rings is 1. The van der Waals surface area contributed by atoms with Crippen LogP contribution in [-0.2, 0) is 11.3 Å². The van der Waals surface area contributed by atoms with Crippen molar-refractivity contribution in [1.29, 1.82) is 0 Å². The molecule has 3 aromatic rings. The van der Waals surface area contributed by atoms with Crippen molar-refractivity contribution >= 4 is 10.9 Å². The van der Waals surface area contributed by atoms with Crippen LogP contribution in [0.4, 0.5) is 0 Å². The van der Waals surface area contributed by atoms with Crippen LogP contribution in [0.5, 0.6) is 11.5 Å². The number of hydrogen-bond acceptors (Lipinski definition) is 8. The second-order valence-electron chi connectivity index (χ2n) is 10.5. The Morgan fingerprint density at radius 2 is 1.89 bits per heavy atom. The van der Waals surface area contributed by atoms with Crippen LogP contribution in [0.2, 0.25) is 0 Å². The minimum Gasteiger partial charge on any atom is -0.486 e. The molecule has 0 radical (unpaired) electrons. The molecule has 1 aromatic carbocycles. The van der Waals surface area contributed by atoms with Crippen molar-refractivity contribution in [3.63, 3.8) is 0 Å². The first-order valence-electron chi connectivity index (χ1n) is 13.8. The third kappa shape index (κ3) is 5.09. The average molecular weight is 509 g/mol. The summed E-state index contributed by atoms with van der Waals surface area (Å²) in [5.74, 6) is 2.29. The first-order chi connectivity index (χ1) is 18.2. The van der Waals surface area contributed by atoms with Gasteiger partial charge in [0, 0.05) is 36.7 Å². The van der Waals surface area contributed by atoms with Crippen molar-refractivity contribution in [3.8, 4) is 11.5 Å². The number of rotatable bonds is 9. The molecule has 1 saturated carbocycles. The van der Waals surface area contributed by atoms with Crippen LogP contribution < -0.4 is 15.0 Å². The van der Waals surface area contributed by atoms with Crippen LogP contribution in [0.25, 0.3) is 10.9 Å². The van der Waals surface area contributed by atoms with Crippen molar-refractivity contribution in [2.75, 3.05) is 26.4 Å². The summed E-state index contributed by atoms with van der Waals surface area (Å²) in [6.07, 6.45) is 8.80. The standard InChI is InChI=1S/C27H36N6O4/c1-2-6-23(26-29-30-31-33(26)20-7-3-4-8-20)32(17-21-9-5-10-35-21)16-19-13-18-14-24-25(37-12-11-36-24)15-22(18)28-27(19)34/h13-15,20-21,23H,2-12,16-17H2,1H3,(H,28,34)/t21-,23-/m1/s1. The number of ether oxygens (including phenoxy) is 3. The maximum Gasteiger partial charge on any atom is 0.252 e. The number of H-pyrrole nitrogens is 1. The number of aromatic nitrogens is 5. The lowest BCUT2D eigenvalue weighted by molar-refractivity contribution is 0.0471. The lowest BCUT2D eigenvalue weighted by Crippen LogP contribution is -2.38. The predicted octanol–water partition coefficient (Wildman–Crippen LogP) is 3.92. The molecule has 10 nitrogen and oxygen atoms in total. The minimum atomic E-state index is -0.0906. The van der Waals surface area contributed by atoms with E-state index in [1.54, 1.807) is 0 Å². The highest BCUT2D eigenvalue weighted by atomic mass is 16.6. The molecule has 2 atom stereocenters. The average Bonchev–Trinajstić information content (AvgIpc) is 3.69. The number of hydrogen-bond donors (Lipinski definition) is 1. The number of nitrogens with zero attached hydrogens (tertiary/aromatic N) is 5. The molecule has 2 aromatic heterocycles. The fraction of sp³-hybridized carbons (Fsp3) is 0.630. The third-order valence-corrected chi connectivity index (χ3v) is 7.91. The van der Waals surface area contributed by atoms with Crippen molar-refractivity contribution in [2.45, 2.75) is 83.0 Å². The van der Waals surface area contributed by atoms with Gasteiger partial charge in [0.1, 0.15) is 13.2 Å². The molecule has 0 bridgehead atoms. The molecule has 10 heteroatoms. The molecule has 3 aliphatic rings. The van der Waals surface area contributed by atoms with E-state index in [1.807, 2.05) is 18.2 Å². The summed E-state index contributed by atoms with van der Waals surface area (Å²) in [5, 5.41) is 14.0. The molecule has 1 saturated heterocycles. The van der Waals surface area contributed by atoms with Crippen molar-refractivity contribution in [3.05, 3.63) is 39.9 Å². The van der Waals surface area contributed by atoms with Gasteiger partial charge in [0.2, 0.25) is 0 Å². The van der Waals surface area contributed by atoms with Crippen LogP contribution in [0.1, 0.15) is 81.8 Å². The van der Waals surface area contributed by atoms with E-state index in [9.17, 15) is 4.79 Å². The van der Waals surface area contributed by atoms with Crippen LogP contribution in [-0.4, -0.2) is 62.6 Å². The Labute approximate surface area is 216 Å². The summed E-state index contributed by atoms with van der Waals surface area (Å²) >= 11 is 0. The summed E-state index contributed by atoms with van der Waals surface area (Å²) in [4.78, 5) is 18.7. The summed E-state index contributed by atoms with van der Waals surface area (Å²) < 4.78 is 19.6. The summed E-state index contributed by atoms with van der Waals surface area (Å²) in [7, 11) is 0. The van der Waals surface area contributed by atoms with Crippen molar-refractivity contribution in [1.82, 2.24) is 30.1 Å². The van der Waals surface area contributed by atoms with E-state index in [0.29, 0.717) is 42.9 Å². The SMILES string of the molecule is CCC[C@H](c1nnnn1C1CCCC1)N(Cc1cc2cc3c(cc2[nH]c1=O)OCCO3)C[C@H]1CCCO1. The highest BCUT2D eigenvalue weighted by Crippen LogP contribution is 2.36. The Bertz CT molecular complexity index is 1280. The van der Waals surface area contributed by atoms with E-state index in [-0.39, 0.29) is 17.7 Å². The predicted molar refractivity (Wildman–Crippen MR) is 138 cm³/mol. The lowest BCUT2D eigenvalue weighted by Gasteiger charge is -2.33. The molecule has 2 aliphatic heterocycles. The number of aromatic amines is 1. The molecule has 1 N–H and O–H groups in total. The van der Waals surface area contributed by atoms with Crippen LogP contribution in [0, 0.1) is 0 Å². The van der Waals surface area contributed by atoms with E-state index in [2.05, 4.69) is 37.0 Å². The Morgan fingerprint density at radius 3 is 2.65 bits per heavy atom. The van der Waals surface area contributed by atoms with E-state index < -0.39 is 0 Å². The van der Waals surface area contributed by atoms with Gasteiger partial charge in [0.25, 0.3) is 5.56 Å². The van der Waals surface area contributed by atoms with Gasteiger partial charge in [0.15, 0.2) is 17.3 Å². The molecule has 0 unspecified atom stereocenters. The highest BCUT2D eigenvalue weighted by Gasteiger charge is 2.32. The normalized spacial score (nSPS) is 20.8. The molecule has 0 amide bonds. The quantitative estimate of drug-likeness (QED) is 0.463.